The second-order valence-electron chi connectivity index (χ2n) is 5.30. The first-order chi connectivity index (χ1) is 11.4. The summed E-state index contributed by atoms with van der Waals surface area (Å²) in [6.07, 6.45) is 0. The van der Waals surface area contributed by atoms with Crippen LogP contribution >= 0.6 is 0 Å². The quantitative estimate of drug-likeness (QED) is 0.782. The summed E-state index contributed by atoms with van der Waals surface area (Å²) in [6.45, 7) is 3.33. The number of benzene rings is 1. The summed E-state index contributed by atoms with van der Waals surface area (Å²) < 4.78 is 43.0. The molecule has 1 aromatic rings. The van der Waals surface area contributed by atoms with E-state index in [-0.39, 0.29) is 16.6 Å². The maximum absolute atomic E-state index is 12.6. The Balaban J connectivity index is 2.19. The Hall–Kier alpha value is -1.84. The Bertz CT molecular complexity index is 685. The molecule has 1 heterocycles. The van der Waals surface area contributed by atoms with Crippen molar-refractivity contribution in [2.24, 2.45) is 0 Å². The van der Waals surface area contributed by atoms with Crippen LogP contribution in [-0.2, 0) is 19.6 Å². The van der Waals surface area contributed by atoms with Crippen LogP contribution in [0.3, 0.4) is 0 Å². The number of rotatable bonds is 6. The van der Waals surface area contributed by atoms with Crippen molar-refractivity contribution < 1.29 is 27.4 Å². The molecule has 8 nitrogen and oxygen atoms in total. The molecule has 9 heteroatoms. The molecule has 2 rings (SSSR count). The van der Waals surface area contributed by atoms with E-state index >= 15 is 0 Å². The number of nitrogens with zero attached hydrogens (tertiary/aromatic N) is 1. The standard InChI is InChI=1S/C15H22N2O6S/c1-11(15(18)17-6-8-23-9-7-17)16-24(19,20)14-10-12(21-2)4-5-13(14)22-3/h4-5,10-11,16H,6-9H2,1-3H3/t11-/m0/s1. The zero-order chi connectivity index (χ0) is 17.7. The van der Waals surface area contributed by atoms with Gasteiger partial charge in [0.15, 0.2) is 0 Å². The average molecular weight is 358 g/mol. The first-order valence-corrected chi connectivity index (χ1v) is 8.98. The fourth-order valence-corrected chi connectivity index (χ4v) is 3.78. The van der Waals surface area contributed by atoms with Gasteiger partial charge < -0.3 is 19.1 Å². The molecule has 0 aromatic heterocycles. The van der Waals surface area contributed by atoms with E-state index in [1.807, 2.05) is 0 Å². The molecule has 1 atom stereocenters. The molecule has 1 saturated heterocycles. The predicted molar refractivity (Wildman–Crippen MR) is 86.7 cm³/mol. The number of nitrogens with one attached hydrogen (secondary N) is 1. The maximum Gasteiger partial charge on any atom is 0.245 e. The number of morpholine rings is 1. The molecular weight excluding hydrogens is 336 g/mol. The van der Waals surface area contributed by atoms with E-state index in [9.17, 15) is 13.2 Å². The molecule has 0 unspecified atom stereocenters. The van der Waals surface area contributed by atoms with Crippen molar-refractivity contribution in [3.63, 3.8) is 0 Å². The fourth-order valence-electron chi connectivity index (χ4n) is 2.40. The molecule has 0 saturated carbocycles. The largest absolute Gasteiger partial charge is 0.497 e. The molecule has 1 aliphatic heterocycles. The van der Waals surface area contributed by atoms with Gasteiger partial charge in [0.05, 0.1) is 33.5 Å². The van der Waals surface area contributed by atoms with Crippen LogP contribution < -0.4 is 14.2 Å². The predicted octanol–water partition coefficient (Wildman–Crippen LogP) is 0.229. The Labute approximate surface area is 141 Å². The van der Waals surface area contributed by atoms with Gasteiger partial charge in [-0.3, -0.25) is 4.79 Å². The lowest BCUT2D eigenvalue weighted by molar-refractivity contribution is -0.136. The highest BCUT2D eigenvalue weighted by atomic mass is 32.2. The molecule has 1 fully saturated rings. The number of carbonyl (C=O) groups is 1. The van der Waals surface area contributed by atoms with Crippen LogP contribution in [0.15, 0.2) is 23.1 Å². The SMILES string of the molecule is COc1ccc(OC)c(S(=O)(=O)N[C@@H](C)C(=O)N2CCOCC2)c1. The van der Waals surface area contributed by atoms with Gasteiger partial charge in [0.25, 0.3) is 0 Å². The lowest BCUT2D eigenvalue weighted by Gasteiger charge is -2.29. The van der Waals surface area contributed by atoms with Crippen molar-refractivity contribution in [3.05, 3.63) is 18.2 Å². The van der Waals surface area contributed by atoms with Crippen LogP contribution in [0.25, 0.3) is 0 Å². The summed E-state index contributed by atoms with van der Waals surface area (Å²) in [5.74, 6) is 0.265. The normalized spacial score (nSPS) is 16.5. The van der Waals surface area contributed by atoms with Crippen LogP contribution in [-0.4, -0.2) is 65.8 Å². The number of hydrogen-bond donors (Lipinski definition) is 1. The third-order valence-corrected chi connectivity index (χ3v) is 5.25. The Morgan fingerprint density at radius 2 is 1.92 bits per heavy atom. The molecule has 0 radical (unpaired) electrons. The van der Waals surface area contributed by atoms with E-state index in [1.54, 1.807) is 11.0 Å². The van der Waals surface area contributed by atoms with E-state index in [0.29, 0.717) is 32.1 Å². The third kappa shape index (κ3) is 4.16. The van der Waals surface area contributed by atoms with Gasteiger partial charge >= 0.3 is 0 Å². The topological polar surface area (TPSA) is 94.2 Å². The average Bonchev–Trinajstić information content (AvgIpc) is 2.60. The number of carbonyl (C=O) groups excluding carboxylic acids is 1. The van der Waals surface area contributed by atoms with Crippen LogP contribution in [0.4, 0.5) is 0 Å². The van der Waals surface area contributed by atoms with Crippen molar-refractivity contribution in [1.82, 2.24) is 9.62 Å². The molecule has 0 spiro atoms. The zero-order valence-corrected chi connectivity index (χ0v) is 14.8. The minimum atomic E-state index is -3.95. The van der Waals surface area contributed by atoms with E-state index < -0.39 is 16.1 Å². The number of ether oxygens (including phenoxy) is 3. The minimum absolute atomic E-state index is 0.0778. The molecule has 134 valence electrons. The Kier molecular flexibility index (Phi) is 6.03. The van der Waals surface area contributed by atoms with Gasteiger partial charge in [0.1, 0.15) is 16.4 Å². The van der Waals surface area contributed by atoms with Crippen LogP contribution in [0.2, 0.25) is 0 Å². The second kappa shape index (κ2) is 7.82. The van der Waals surface area contributed by atoms with E-state index in [1.165, 1.54) is 33.3 Å². The summed E-state index contributed by atoms with van der Waals surface area (Å²) in [6, 6.07) is 3.55. The lowest BCUT2D eigenvalue weighted by Crippen LogP contribution is -2.50. The van der Waals surface area contributed by atoms with Gasteiger partial charge in [0, 0.05) is 19.2 Å². The van der Waals surface area contributed by atoms with E-state index in [0.717, 1.165) is 0 Å². The maximum atomic E-state index is 12.6. The van der Waals surface area contributed by atoms with Crippen LogP contribution in [0.1, 0.15) is 6.92 Å². The summed E-state index contributed by atoms with van der Waals surface area (Å²) in [7, 11) is -1.13. The fraction of sp³-hybridized carbons (Fsp3) is 0.533. The number of hydrogen-bond acceptors (Lipinski definition) is 6. The highest BCUT2D eigenvalue weighted by Gasteiger charge is 2.28. The third-order valence-electron chi connectivity index (χ3n) is 3.69. The van der Waals surface area contributed by atoms with Gasteiger partial charge in [-0.2, -0.15) is 4.72 Å². The van der Waals surface area contributed by atoms with Gasteiger partial charge in [-0.1, -0.05) is 0 Å². The van der Waals surface area contributed by atoms with Gasteiger partial charge in [-0.25, -0.2) is 8.42 Å². The van der Waals surface area contributed by atoms with E-state index in [2.05, 4.69) is 4.72 Å². The molecule has 1 N–H and O–H groups in total. The molecule has 0 bridgehead atoms. The van der Waals surface area contributed by atoms with Crippen molar-refractivity contribution in [2.75, 3.05) is 40.5 Å². The van der Waals surface area contributed by atoms with Crippen molar-refractivity contribution in [1.29, 1.82) is 0 Å². The van der Waals surface area contributed by atoms with Crippen LogP contribution in [0, 0.1) is 0 Å². The number of amides is 1. The van der Waals surface area contributed by atoms with Crippen LogP contribution in [0.5, 0.6) is 11.5 Å². The van der Waals surface area contributed by atoms with E-state index in [4.69, 9.17) is 14.2 Å². The van der Waals surface area contributed by atoms with Crippen molar-refractivity contribution in [2.45, 2.75) is 17.9 Å². The Morgan fingerprint density at radius 1 is 1.25 bits per heavy atom. The second-order valence-corrected chi connectivity index (χ2v) is 6.98. The van der Waals surface area contributed by atoms with Crippen molar-refractivity contribution >= 4 is 15.9 Å². The van der Waals surface area contributed by atoms with Gasteiger partial charge in [0.2, 0.25) is 15.9 Å². The van der Waals surface area contributed by atoms with Gasteiger partial charge in [-0.15, -0.1) is 0 Å². The smallest absolute Gasteiger partial charge is 0.245 e. The molecule has 1 aliphatic rings. The molecular formula is C15H22N2O6S. The summed E-state index contributed by atoms with van der Waals surface area (Å²) in [5.41, 5.74) is 0. The monoisotopic (exact) mass is 358 g/mol. The Morgan fingerprint density at radius 3 is 2.50 bits per heavy atom. The highest BCUT2D eigenvalue weighted by Crippen LogP contribution is 2.28. The first kappa shape index (κ1) is 18.5. The molecule has 1 amide bonds. The number of sulfonamides is 1. The minimum Gasteiger partial charge on any atom is -0.497 e. The molecule has 1 aromatic carbocycles. The lowest BCUT2D eigenvalue weighted by atomic mass is 10.3. The summed E-state index contributed by atoms with van der Waals surface area (Å²) in [4.78, 5) is 13.9. The zero-order valence-electron chi connectivity index (χ0n) is 13.9. The highest BCUT2D eigenvalue weighted by molar-refractivity contribution is 7.89. The molecule has 24 heavy (non-hydrogen) atoms. The summed E-state index contributed by atoms with van der Waals surface area (Å²) in [5, 5.41) is 0. The summed E-state index contributed by atoms with van der Waals surface area (Å²) >= 11 is 0. The van der Waals surface area contributed by atoms with Gasteiger partial charge in [-0.05, 0) is 19.1 Å². The van der Waals surface area contributed by atoms with Crippen molar-refractivity contribution in [3.8, 4) is 11.5 Å². The first-order valence-electron chi connectivity index (χ1n) is 7.50. The number of methoxy groups -OCH3 is 2. The molecule has 0 aliphatic carbocycles.